The van der Waals surface area contributed by atoms with Crippen molar-refractivity contribution in [2.75, 3.05) is 0 Å². The van der Waals surface area contributed by atoms with Gasteiger partial charge in [0.05, 0.1) is 0 Å². The first-order valence-electron chi connectivity index (χ1n) is 14.9. The first-order chi connectivity index (χ1) is 17.9. The Hall–Kier alpha value is -1.97. The number of benzene rings is 2. The van der Waals surface area contributed by atoms with Crippen LogP contribution in [-0.2, 0) is 10.8 Å². The Kier molecular flexibility index (Phi) is 11.9. The number of aryl methyl sites for hydroxylation is 1. The van der Waals surface area contributed by atoms with Gasteiger partial charge in [0.1, 0.15) is 5.60 Å². The van der Waals surface area contributed by atoms with Gasteiger partial charge in [0.15, 0.2) is 5.78 Å². The Morgan fingerprint density at radius 3 is 2.03 bits per heavy atom. The van der Waals surface area contributed by atoms with Gasteiger partial charge in [-0.2, -0.15) is 0 Å². The predicted octanol–water partition coefficient (Wildman–Crippen LogP) is 9.33. The molecule has 1 atom stereocenters. The molecule has 1 unspecified atom stereocenters. The molecule has 0 saturated carbocycles. The Labute approximate surface area is 228 Å². The molecular weight excluding hydrogens is 468 g/mol. The molecule has 0 N–H and O–H groups in total. The van der Waals surface area contributed by atoms with Gasteiger partial charge < -0.3 is 4.43 Å². The summed E-state index contributed by atoms with van der Waals surface area (Å²) in [7, 11) is -2.28. The second kappa shape index (κ2) is 14.8. The van der Waals surface area contributed by atoms with Gasteiger partial charge in [-0.25, -0.2) is 0 Å². The van der Waals surface area contributed by atoms with Crippen LogP contribution in [0.25, 0.3) is 0 Å². The van der Waals surface area contributed by atoms with Crippen molar-refractivity contribution in [1.29, 1.82) is 0 Å². The lowest BCUT2D eigenvalue weighted by atomic mass is 9.81. The van der Waals surface area contributed by atoms with E-state index in [1.165, 1.54) is 80.5 Å². The summed E-state index contributed by atoms with van der Waals surface area (Å²) in [6.07, 6.45) is 19.6. The quantitative estimate of drug-likeness (QED) is 0.0957. The number of allylic oxidation sites excluding steroid dienone is 1. The Balaban J connectivity index is 1.56. The lowest BCUT2D eigenvalue weighted by molar-refractivity contribution is 0.0544. The second-order valence-electron chi connectivity index (χ2n) is 11.7. The minimum absolute atomic E-state index is 0.119. The van der Waals surface area contributed by atoms with Gasteiger partial charge in [0.2, 0.25) is 8.32 Å². The predicted molar refractivity (Wildman–Crippen MR) is 161 cm³/mol. The zero-order valence-electron chi connectivity index (χ0n) is 24.0. The van der Waals surface area contributed by atoms with Crippen molar-refractivity contribution < 1.29 is 9.22 Å². The van der Waals surface area contributed by atoms with Crippen LogP contribution in [-0.4, -0.2) is 19.7 Å². The lowest BCUT2D eigenvalue weighted by Crippen LogP contribution is -2.55. The SMILES string of the molecule is CCCCCCCCCCCCc1ccc(C(=O)C2(O[Si](C)(C)c3ccccc3)C=C(C)CCC2)cc1. The van der Waals surface area contributed by atoms with Crippen LogP contribution in [0.4, 0.5) is 0 Å². The lowest BCUT2D eigenvalue weighted by Gasteiger charge is -2.40. The highest BCUT2D eigenvalue weighted by Gasteiger charge is 2.44. The van der Waals surface area contributed by atoms with Crippen LogP contribution in [0.15, 0.2) is 66.2 Å². The van der Waals surface area contributed by atoms with Crippen molar-refractivity contribution in [2.24, 2.45) is 0 Å². The maximum absolute atomic E-state index is 14.0. The summed E-state index contributed by atoms with van der Waals surface area (Å²) in [4.78, 5) is 14.0. The molecule has 0 aromatic heterocycles. The fourth-order valence-corrected chi connectivity index (χ4v) is 7.99. The van der Waals surface area contributed by atoms with E-state index in [2.05, 4.69) is 69.4 Å². The average Bonchev–Trinajstić information content (AvgIpc) is 2.90. The molecule has 2 aromatic rings. The summed E-state index contributed by atoms with van der Waals surface area (Å²) >= 11 is 0. The maximum atomic E-state index is 14.0. The summed E-state index contributed by atoms with van der Waals surface area (Å²) in [5.41, 5.74) is 2.51. The number of carbonyl (C=O) groups excluding carboxylic acids is 1. The van der Waals surface area contributed by atoms with Crippen LogP contribution in [0.1, 0.15) is 113 Å². The van der Waals surface area contributed by atoms with E-state index < -0.39 is 13.9 Å². The number of carbonyl (C=O) groups is 1. The Morgan fingerprint density at radius 1 is 0.838 bits per heavy atom. The van der Waals surface area contributed by atoms with Crippen molar-refractivity contribution in [3.63, 3.8) is 0 Å². The fourth-order valence-electron chi connectivity index (χ4n) is 5.72. The van der Waals surface area contributed by atoms with Crippen LogP contribution in [0.3, 0.4) is 0 Å². The minimum Gasteiger partial charge on any atom is -0.397 e. The van der Waals surface area contributed by atoms with Crippen molar-refractivity contribution in [3.05, 3.63) is 77.4 Å². The van der Waals surface area contributed by atoms with E-state index in [4.69, 9.17) is 4.43 Å². The van der Waals surface area contributed by atoms with Gasteiger partial charge in [-0.1, -0.05) is 125 Å². The number of rotatable bonds is 16. The average molecular weight is 519 g/mol. The van der Waals surface area contributed by atoms with Crippen molar-refractivity contribution in [3.8, 4) is 0 Å². The highest BCUT2D eigenvalue weighted by atomic mass is 28.4. The molecule has 2 nitrogen and oxygen atoms in total. The molecule has 1 aliphatic rings. The van der Waals surface area contributed by atoms with Crippen molar-refractivity contribution in [2.45, 2.75) is 122 Å². The Morgan fingerprint density at radius 2 is 1.43 bits per heavy atom. The fraction of sp³-hybridized carbons (Fsp3) is 0.559. The molecule has 0 amide bonds. The van der Waals surface area contributed by atoms with Gasteiger partial charge in [-0.05, 0) is 68.9 Å². The molecule has 0 heterocycles. The molecule has 2 aromatic carbocycles. The normalized spacial score (nSPS) is 18.0. The molecular formula is C34H50O2Si. The van der Waals surface area contributed by atoms with Crippen LogP contribution in [0.2, 0.25) is 13.1 Å². The number of ketones is 1. The largest absolute Gasteiger partial charge is 0.397 e. The third kappa shape index (κ3) is 9.07. The van der Waals surface area contributed by atoms with E-state index in [0.717, 1.165) is 31.2 Å². The molecule has 0 spiro atoms. The third-order valence-electron chi connectivity index (χ3n) is 7.92. The molecule has 0 aliphatic heterocycles. The zero-order chi connectivity index (χ0) is 26.6. The number of unbranched alkanes of at least 4 members (excludes halogenated alkanes) is 9. The molecule has 3 rings (SSSR count). The molecule has 0 saturated heterocycles. The molecule has 0 bridgehead atoms. The van der Waals surface area contributed by atoms with E-state index in [0.29, 0.717) is 0 Å². The first-order valence-corrected chi connectivity index (χ1v) is 17.8. The summed E-state index contributed by atoms with van der Waals surface area (Å²) in [5.74, 6) is 0.119. The van der Waals surface area contributed by atoms with Crippen LogP contribution in [0, 0.1) is 0 Å². The molecule has 0 fully saturated rings. The smallest absolute Gasteiger partial charge is 0.220 e. The molecule has 37 heavy (non-hydrogen) atoms. The van der Waals surface area contributed by atoms with E-state index in [1.54, 1.807) is 0 Å². The number of hydrogen-bond acceptors (Lipinski definition) is 2. The second-order valence-corrected chi connectivity index (χ2v) is 15.5. The van der Waals surface area contributed by atoms with Crippen LogP contribution >= 0.6 is 0 Å². The summed E-state index contributed by atoms with van der Waals surface area (Å²) in [5, 5.41) is 1.23. The maximum Gasteiger partial charge on any atom is 0.220 e. The van der Waals surface area contributed by atoms with Crippen molar-refractivity contribution in [1.82, 2.24) is 0 Å². The van der Waals surface area contributed by atoms with E-state index in [1.807, 2.05) is 18.2 Å². The van der Waals surface area contributed by atoms with Gasteiger partial charge >= 0.3 is 0 Å². The number of Topliss-reactive ketones (excluding diaryl/α,β-unsaturated/α-hetero) is 1. The van der Waals surface area contributed by atoms with E-state index >= 15 is 0 Å². The summed E-state index contributed by atoms with van der Waals surface area (Å²) in [6, 6.07) is 18.9. The zero-order valence-corrected chi connectivity index (χ0v) is 25.0. The van der Waals surface area contributed by atoms with E-state index in [9.17, 15) is 4.79 Å². The van der Waals surface area contributed by atoms with Crippen LogP contribution in [0.5, 0.6) is 0 Å². The molecule has 3 heteroatoms. The third-order valence-corrected chi connectivity index (χ3v) is 10.5. The molecule has 0 radical (unpaired) electrons. The Bertz CT molecular complexity index is 977. The highest BCUT2D eigenvalue weighted by Crippen LogP contribution is 2.35. The van der Waals surface area contributed by atoms with Crippen molar-refractivity contribution >= 4 is 19.3 Å². The van der Waals surface area contributed by atoms with E-state index in [-0.39, 0.29) is 5.78 Å². The summed E-state index contributed by atoms with van der Waals surface area (Å²) in [6.45, 7) is 8.84. The minimum atomic E-state index is -2.28. The standard InChI is InChI=1S/C34H50O2Si/c1-5-6-7-8-9-10-11-12-13-15-20-30-23-25-31(26-24-30)33(35)34(27-18-19-29(2)28-34)36-37(3,4)32-21-16-14-17-22-32/h14,16-17,21-26,28H,5-13,15,18-20,27H2,1-4H3. The topological polar surface area (TPSA) is 26.3 Å². The number of hydrogen-bond donors (Lipinski definition) is 0. The first kappa shape index (κ1) is 29.6. The highest BCUT2D eigenvalue weighted by molar-refractivity contribution is 6.84. The molecule has 1 aliphatic carbocycles. The van der Waals surface area contributed by atoms with Gasteiger partial charge in [0.25, 0.3) is 0 Å². The molecule has 202 valence electrons. The van der Waals surface area contributed by atoms with Crippen LogP contribution < -0.4 is 5.19 Å². The van der Waals surface area contributed by atoms with Gasteiger partial charge in [0, 0.05) is 5.56 Å². The monoisotopic (exact) mass is 518 g/mol. The van der Waals surface area contributed by atoms with Gasteiger partial charge in [-0.3, -0.25) is 4.79 Å². The van der Waals surface area contributed by atoms with Gasteiger partial charge in [-0.15, -0.1) is 0 Å². The summed E-state index contributed by atoms with van der Waals surface area (Å²) < 4.78 is 6.92.